The fourth-order valence-electron chi connectivity index (χ4n) is 3.73. The average Bonchev–Trinajstić information content (AvgIpc) is 3.24. The number of carbonyl (C=O) groups excluding carboxylic acids is 1. The number of amides is 1. The first-order valence-corrected chi connectivity index (χ1v) is 12.0. The Bertz CT molecular complexity index is 1070. The van der Waals surface area contributed by atoms with Gasteiger partial charge in [0.1, 0.15) is 10.4 Å². The maximum Gasteiger partial charge on any atom is 0.272 e. The quantitative estimate of drug-likeness (QED) is 0.440. The van der Waals surface area contributed by atoms with Crippen molar-refractivity contribution in [3.63, 3.8) is 0 Å². The zero-order chi connectivity index (χ0) is 20.9. The fourth-order valence-corrected chi connectivity index (χ4v) is 5.32. The minimum absolute atomic E-state index is 0.00237. The highest BCUT2D eigenvalue weighted by molar-refractivity contribution is 7.99. The van der Waals surface area contributed by atoms with Gasteiger partial charge in [0.2, 0.25) is 5.91 Å². The van der Waals surface area contributed by atoms with Crippen LogP contribution in [0.5, 0.6) is 5.75 Å². The molecule has 0 unspecified atom stereocenters. The third-order valence-corrected chi connectivity index (χ3v) is 7.20. The van der Waals surface area contributed by atoms with Crippen molar-refractivity contribution in [2.75, 3.05) is 12.9 Å². The van der Waals surface area contributed by atoms with Gasteiger partial charge < -0.3 is 10.1 Å². The molecule has 30 heavy (non-hydrogen) atoms. The van der Waals surface area contributed by atoms with Crippen LogP contribution in [-0.4, -0.2) is 34.4 Å². The topological polar surface area (TPSA) is 73.2 Å². The monoisotopic (exact) mass is 443 g/mol. The molecule has 0 bridgehead atoms. The molecular weight excluding hydrogens is 418 g/mol. The van der Waals surface area contributed by atoms with Gasteiger partial charge in [-0.2, -0.15) is 0 Å². The molecule has 0 saturated heterocycles. The van der Waals surface area contributed by atoms with Crippen molar-refractivity contribution in [2.45, 2.75) is 49.8 Å². The summed E-state index contributed by atoms with van der Waals surface area (Å²) in [5.41, 5.74) is 1.59. The van der Waals surface area contributed by atoms with E-state index in [0.717, 1.165) is 24.2 Å². The molecule has 1 saturated carbocycles. The molecule has 0 aliphatic heterocycles. The number of aromatic nitrogens is 2. The zero-order valence-corrected chi connectivity index (χ0v) is 18.6. The first kappa shape index (κ1) is 20.9. The fraction of sp³-hybridized carbons (Fsp3) is 0.409. The minimum atomic E-state index is -0.0685. The lowest BCUT2D eigenvalue weighted by Crippen LogP contribution is -2.37. The number of carbonyl (C=O) groups is 1. The molecule has 8 heteroatoms. The second-order valence-electron chi connectivity index (χ2n) is 7.46. The van der Waals surface area contributed by atoms with Crippen molar-refractivity contribution in [3.05, 3.63) is 51.6 Å². The van der Waals surface area contributed by atoms with E-state index in [1.54, 1.807) is 11.7 Å². The molecule has 1 aliphatic rings. The maximum atomic E-state index is 13.1. The average molecular weight is 444 g/mol. The van der Waals surface area contributed by atoms with Crippen LogP contribution in [0.25, 0.3) is 10.2 Å². The summed E-state index contributed by atoms with van der Waals surface area (Å²) < 4.78 is 7.52. The van der Waals surface area contributed by atoms with Crippen LogP contribution in [0.1, 0.15) is 37.7 Å². The summed E-state index contributed by atoms with van der Waals surface area (Å²) in [5.74, 6) is 1.02. The molecular formula is C22H25N3O3S2. The first-order valence-electron chi connectivity index (χ1n) is 10.2. The van der Waals surface area contributed by atoms with Crippen LogP contribution < -0.4 is 15.6 Å². The summed E-state index contributed by atoms with van der Waals surface area (Å²) in [6, 6.07) is 9.76. The Morgan fingerprint density at radius 3 is 2.73 bits per heavy atom. The van der Waals surface area contributed by atoms with Crippen LogP contribution in [0.2, 0.25) is 0 Å². The lowest BCUT2D eigenvalue weighted by Gasteiger charge is -2.22. The molecule has 0 spiro atoms. The van der Waals surface area contributed by atoms with E-state index in [9.17, 15) is 9.59 Å². The molecule has 1 aliphatic carbocycles. The van der Waals surface area contributed by atoms with E-state index in [0.29, 0.717) is 21.9 Å². The summed E-state index contributed by atoms with van der Waals surface area (Å²) in [6.07, 6.45) is 5.71. The molecule has 3 aromatic rings. The highest BCUT2D eigenvalue weighted by Gasteiger charge is 2.18. The molecule has 4 rings (SSSR count). The highest BCUT2D eigenvalue weighted by atomic mass is 32.2. The van der Waals surface area contributed by atoms with Gasteiger partial charge in [-0.3, -0.25) is 14.2 Å². The number of methoxy groups -OCH3 is 1. The van der Waals surface area contributed by atoms with Crippen molar-refractivity contribution in [1.82, 2.24) is 14.9 Å². The number of nitrogens with zero attached hydrogens (tertiary/aromatic N) is 2. The first-order chi connectivity index (χ1) is 14.6. The number of fused-ring (bicyclic) bond motifs is 1. The van der Waals surface area contributed by atoms with E-state index in [-0.39, 0.29) is 23.3 Å². The molecule has 2 aromatic heterocycles. The Morgan fingerprint density at radius 1 is 1.23 bits per heavy atom. The number of nitrogens with one attached hydrogen (secondary N) is 1. The van der Waals surface area contributed by atoms with Gasteiger partial charge in [-0.25, -0.2) is 4.98 Å². The summed E-state index contributed by atoms with van der Waals surface area (Å²) >= 11 is 2.72. The molecule has 158 valence electrons. The second kappa shape index (κ2) is 9.66. The molecule has 1 aromatic carbocycles. The molecule has 1 N–H and O–H groups in total. The van der Waals surface area contributed by atoms with Crippen molar-refractivity contribution in [1.29, 1.82) is 0 Å². The number of benzene rings is 1. The molecule has 1 amide bonds. The number of hydrogen-bond acceptors (Lipinski definition) is 6. The van der Waals surface area contributed by atoms with Crippen LogP contribution in [0.3, 0.4) is 0 Å². The SMILES string of the molecule is COc1ccc(Cn2c(SCC(=O)NC3CCCCC3)nc3ccsc3c2=O)cc1. The van der Waals surface area contributed by atoms with Crippen LogP contribution >= 0.6 is 23.1 Å². The van der Waals surface area contributed by atoms with Crippen LogP contribution in [-0.2, 0) is 11.3 Å². The number of hydrogen-bond donors (Lipinski definition) is 1. The van der Waals surface area contributed by atoms with Gasteiger partial charge in [-0.1, -0.05) is 43.2 Å². The summed E-state index contributed by atoms with van der Waals surface area (Å²) in [4.78, 5) is 30.2. The van der Waals surface area contributed by atoms with Gasteiger partial charge in [0.15, 0.2) is 5.16 Å². The van der Waals surface area contributed by atoms with Crippen molar-refractivity contribution < 1.29 is 9.53 Å². The smallest absolute Gasteiger partial charge is 0.272 e. The van der Waals surface area contributed by atoms with Crippen LogP contribution in [0, 0.1) is 0 Å². The van der Waals surface area contributed by atoms with Crippen molar-refractivity contribution >= 4 is 39.2 Å². The highest BCUT2D eigenvalue weighted by Crippen LogP contribution is 2.23. The molecule has 1 fully saturated rings. The Kier molecular flexibility index (Phi) is 6.74. The number of ether oxygens (including phenoxy) is 1. The maximum absolute atomic E-state index is 13.1. The number of rotatable bonds is 7. The third kappa shape index (κ3) is 4.87. The molecule has 6 nitrogen and oxygen atoms in total. The van der Waals surface area contributed by atoms with Crippen LogP contribution in [0.4, 0.5) is 0 Å². The van der Waals surface area contributed by atoms with E-state index in [2.05, 4.69) is 10.3 Å². The zero-order valence-electron chi connectivity index (χ0n) is 16.9. The van der Waals surface area contributed by atoms with E-state index in [4.69, 9.17) is 4.74 Å². The number of thiophene rings is 1. The third-order valence-electron chi connectivity index (χ3n) is 5.33. The van der Waals surface area contributed by atoms with E-state index in [1.807, 2.05) is 35.7 Å². The van der Waals surface area contributed by atoms with E-state index < -0.39 is 0 Å². The normalized spacial score (nSPS) is 14.7. The van der Waals surface area contributed by atoms with Gasteiger partial charge in [-0.05, 0) is 42.0 Å². The van der Waals surface area contributed by atoms with Crippen LogP contribution in [0.15, 0.2) is 45.7 Å². The lowest BCUT2D eigenvalue weighted by molar-refractivity contribution is -0.119. The van der Waals surface area contributed by atoms with Gasteiger partial charge in [0.05, 0.1) is 24.9 Å². The van der Waals surface area contributed by atoms with Gasteiger partial charge in [0, 0.05) is 6.04 Å². The van der Waals surface area contributed by atoms with E-state index in [1.165, 1.54) is 42.4 Å². The minimum Gasteiger partial charge on any atom is -0.497 e. The Morgan fingerprint density at radius 2 is 2.00 bits per heavy atom. The van der Waals surface area contributed by atoms with Crippen molar-refractivity contribution in [2.24, 2.45) is 0 Å². The standard InChI is InChI=1S/C22H25N3O3S2/c1-28-17-9-7-15(8-10-17)13-25-21(27)20-18(11-12-29-20)24-22(25)30-14-19(26)23-16-5-3-2-4-6-16/h7-12,16H,2-6,13-14H2,1H3,(H,23,26). The van der Waals surface area contributed by atoms with Crippen molar-refractivity contribution in [3.8, 4) is 5.75 Å². The van der Waals surface area contributed by atoms with Gasteiger partial charge >= 0.3 is 0 Å². The second-order valence-corrected chi connectivity index (χ2v) is 9.32. The predicted molar refractivity (Wildman–Crippen MR) is 122 cm³/mol. The molecule has 2 heterocycles. The van der Waals surface area contributed by atoms with E-state index >= 15 is 0 Å². The molecule has 0 atom stereocenters. The van der Waals surface area contributed by atoms with Gasteiger partial charge in [0.25, 0.3) is 5.56 Å². The summed E-state index contributed by atoms with van der Waals surface area (Å²) in [7, 11) is 1.63. The molecule has 0 radical (unpaired) electrons. The Hall–Kier alpha value is -2.32. The summed E-state index contributed by atoms with van der Waals surface area (Å²) in [5, 5.41) is 5.58. The lowest BCUT2D eigenvalue weighted by atomic mass is 9.95. The largest absolute Gasteiger partial charge is 0.497 e. The Balaban J connectivity index is 1.53. The predicted octanol–water partition coefficient (Wildman–Crippen LogP) is 4.06. The number of thioether (sulfide) groups is 1. The van der Waals surface area contributed by atoms with Gasteiger partial charge in [-0.15, -0.1) is 11.3 Å². The summed E-state index contributed by atoms with van der Waals surface area (Å²) in [6.45, 7) is 0.399. The Labute approximate surface area is 183 Å².